The molecule has 26 heavy (non-hydrogen) atoms. The zero-order valence-electron chi connectivity index (χ0n) is 13.5. The van der Waals surface area contributed by atoms with Crippen LogP contribution in [0.3, 0.4) is 0 Å². The number of azo groups is 1. The number of halogens is 2. The number of nitriles is 1. The highest BCUT2D eigenvalue weighted by molar-refractivity contribution is 9.11. The lowest BCUT2D eigenvalue weighted by molar-refractivity contribution is -0.385. The molecule has 11 heteroatoms. The lowest BCUT2D eigenvalue weighted by Crippen LogP contribution is -2.20. The van der Waals surface area contributed by atoms with Gasteiger partial charge < -0.3 is 5.11 Å². The van der Waals surface area contributed by atoms with Crippen LogP contribution in [0, 0.1) is 28.4 Å². The van der Waals surface area contributed by atoms with Gasteiger partial charge in [-0.25, -0.2) is 0 Å². The van der Waals surface area contributed by atoms with Crippen molar-refractivity contribution in [1.82, 2.24) is 4.57 Å². The topological polar surface area (TPSA) is 134 Å². The molecular formula is C15H11Br2N5O4. The number of hydrogen-bond acceptors (Lipinski definition) is 7. The van der Waals surface area contributed by atoms with Crippen molar-refractivity contribution in [3.8, 4) is 11.9 Å². The lowest BCUT2D eigenvalue weighted by Gasteiger charge is -2.10. The Morgan fingerprint density at radius 3 is 2.31 bits per heavy atom. The van der Waals surface area contributed by atoms with Crippen LogP contribution >= 0.6 is 31.9 Å². The molecule has 2 aromatic rings. The van der Waals surface area contributed by atoms with Crippen molar-refractivity contribution in [1.29, 1.82) is 5.26 Å². The summed E-state index contributed by atoms with van der Waals surface area (Å²) in [6, 6.07) is 4.36. The Morgan fingerprint density at radius 2 is 1.85 bits per heavy atom. The van der Waals surface area contributed by atoms with E-state index in [4.69, 9.17) is 0 Å². The predicted molar refractivity (Wildman–Crippen MR) is 100 cm³/mol. The molecule has 0 unspecified atom stereocenters. The van der Waals surface area contributed by atoms with Gasteiger partial charge in [-0.2, -0.15) is 5.26 Å². The average molecular weight is 485 g/mol. The molecule has 2 rings (SSSR count). The van der Waals surface area contributed by atoms with Gasteiger partial charge in [-0.3, -0.25) is 19.5 Å². The number of pyridine rings is 1. The van der Waals surface area contributed by atoms with Crippen LogP contribution in [0.4, 0.5) is 17.1 Å². The maximum Gasteiger partial charge on any atom is 0.281 e. The summed E-state index contributed by atoms with van der Waals surface area (Å²) in [4.78, 5) is 22.8. The first-order valence-electron chi connectivity index (χ1n) is 7.14. The van der Waals surface area contributed by atoms with Crippen molar-refractivity contribution in [3.05, 3.63) is 52.7 Å². The van der Waals surface area contributed by atoms with Gasteiger partial charge in [0.2, 0.25) is 5.88 Å². The molecule has 134 valence electrons. The van der Waals surface area contributed by atoms with Crippen LogP contribution in [-0.2, 0) is 6.54 Å². The first-order valence-corrected chi connectivity index (χ1v) is 8.73. The quantitative estimate of drug-likeness (QED) is 0.384. The Bertz CT molecular complexity index is 1020. The molecular weight excluding hydrogens is 474 g/mol. The summed E-state index contributed by atoms with van der Waals surface area (Å²) in [6.07, 6.45) is 0. The second kappa shape index (κ2) is 7.76. The highest BCUT2D eigenvalue weighted by Gasteiger charge is 2.19. The van der Waals surface area contributed by atoms with Crippen LogP contribution < -0.4 is 5.56 Å². The summed E-state index contributed by atoms with van der Waals surface area (Å²) in [5.41, 5.74) is -0.481. The second-order valence-electron chi connectivity index (χ2n) is 5.05. The fourth-order valence-corrected chi connectivity index (χ4v) is 3.52. The van der Waals surface area contributed by atoms with Gasteiger partial charge in [0.05, 0.1) is 13.9 Å². The van der Waals surface area contributed by atoms with Crippen LogP contribution in [0.1, 0.15) is 18.1 Å². The molecule has 9 nitrogen and oxygen atoms in total. The molecule has 1 heterocycles. The number of rotatable bonds is 4. The van der Waals surface area contributed by atoms with E-state index >= 15 is 0 Å². The summed E-state index contributed by atoms with van der Waals surface area (Å²) in [5.74, 6) is -0.422. The third-order valence-corrected chi connectivity index (χ3v) is 4.76. The molecule has 0 atom stereocenters. The first-order chi connectivity index (χ1) is 12.2. The summed E-state index contributed by atoms with van der Waals surface area (Å²) in [5, 5.41) is 38.0. The van der Waals surface area contributed by atoms with Crippen LogP contribution in [-0.4, -0.2) is 14.6 Å². The number of aromatic hydroxyl groups is 1. The monoisotopic (exact) mass is 483 g/mol. The zero-order valence-corrected chi connectivity index (χ0v) is 16.7. The first kappa shape index (κ1) is 19.7. The Hall–Kier alpha value is -2.58. The standard InChI is InChI=1S/C15H11Br2N5O4/c1-3-21-14(23)9(6-18)7(2)12(15(21)24)19-20-13-10(16)4-8(22(25)26)5-11(13)17/h4-5,23H,3H2,1-2H3. The molecule has 0 aliphatic heterocycles. The van der Waals surface area contributed by atoms with Crippen LogP contribution in [0.15, 0.2) is 36.1 Å². The molecule has 0 saturated heterocycles. The van der Waals surface area contributed by atoms with Gasteiger partial charge >= 0.3 is 0 Å². The van der Waals surface area contributed by atoms with Gasteiger partial charge in [-0.05, 0) is 45.7 Å². The van der Waals surface area contributed by atoms with Gasteiger partial charge in [-0.1, -0.05) is 0 Å². The summed E-state index contributed by atoms with van der Waals surface area (Å²) in [6.45, 7) is 3.27. The van der Waals surface area contributed by atoms with Crippen LogP contribution in [0.25, 0.3) is 0 Å². The smallest absolute Gasteiger partial charge is 0.281 e. The molecule has 0 spiro atoms. The highest BCUT2D eigenvalue weighted by atomic mass is 79.9. The molecule has 0 aliphatic carbocycles. The number of non-ortho nitro benzene ring substituents is 1. The Kier molecular flexibility index (Phi) is 5.89. The van der Waals surface area contributed by atoms with Gasteiger partial charge in [0, 0.05) is 24.2 Å². The number of benzene rings is 1. The fourth-order valence-electron chi connectivity index (χ4n) is 2.20. The summed E-state index contributed by atoms with van der Waals surface area (Å²) >= 11 is 6.36. The second-order valence-corrected chi connectivity index (χ2v) is 6.76. The SMILES string of the molecule is CCn1c(O)c(C#N)c(C)c(N=Nc2c(Br)cc([N+](=O)[O-])cc2Br)c1=O. The summed E-state index contributed by atoms with van der Waals surface area (Å²) in [7, 11) is 0. The number of nitro groups is 1. The minimum Gasteiger partial charge on any atom is -0.493 e. The van der Waals surface area contributed by atoms with Crippen molar-refractivity contribution < 1.29 is 10.0 Å². The normalized spacial score (nSPS) is 10.9. The minimum atomic E-state index is -0.598. The number of hydrogen-bond donors (Lipinski definition) is 1. The molecule has 1 aromatic carbocycles. The highest BCUT2D eigenvalue weighted by Crippen LogP contribution is 2.38. The minimum absolute atomic E-state index is 0.0674. The fraction of sp³-hybridized carbons (Fsp3) is 0.200. The maximum atomic E-state index is 12.5. The molecule has 1 aromatic heterocycles. The van der Waals surface area contributed by atoms with E-state index in [9.17, 15) is 25.3 Å². The predicted octanol–water partition coefficient (Wildman–Crippen LogP) is 4.60. The Labute approximate surface area is 164 Å². The van der Waals surface area contributed by atoms with Crippen molar-refractivity contribution >= 4 is 48.9 Å². The van der Waals surface area contributed by atoms with E-state index in [0.717, 1.165) is 4.57 Å². The van der Waals surface area contributed by atoms with Crippen molar-refractivity contribution in [3.63, 3.8) is 0 Å². The lowest BCUT2D eigenvalue weighted by atomic mass is 10.1. The number of aromatic nitrogens is 1. The molecule has 0 fully saturated rings. The molecule has 0 saturated carbocycles. The van der Waals surface area contributed by atoms with E-state index in [-0.39, 0.29) is 34.7 Å². The van der Waals surface area contributed by atoms with Crippen molar-refractivity contribution in [2.24, 2.45) is 10.2 Å². The van der Waals surface area contributed by atoms with Gasteiger partial charge in [0.15, 0.2) is 5.69 Å². The maximum absolute atomic E-state index is 12.5. The Balaban J connectivity index is 2.65. The van der Waals surface area contributed by atoms with E-state index in [2.05, 4.69) is 42.1 Å². The van der Waals surface area contributed by atoms with Gasteiger partial charge in [0.25, 0.3) is 11.2 Å². The van der Waals surface area contributed by atoms with E-state index < -0.39 is 16.4 Å². The molecule has 0 bridgehead atoms. The third kappa shape index (κ3) is 3.51. The molecule has 0 radical (unpaired) electrons. The van der Waals surface area contributed by atoms with Gasteiger partial charge in [0.1, 0.15) is 17.3 Å². The van der Waals surface area contributed by atoms with Crippen molar-refractivity contribution in [2.75, 3.05) is 0 Å². The van der Waals surface area contributed by atoms with E-state index in [1.165, 1.54) is 19.1 Å². The molecule has 0 amide bonds. The van der Waals surface area contributed by atoms with E-state index in [1.807, 2.05) is 6.07 Å². The third-order valence-electron chi connectivity index (χ3n) is 3.55. The average Bonchev–Trinajstić information content (AvgIpc) is 2.57. The number of nitrogens with zero attached hydrogens (tertiary/aromatic N) is 5. The van der Waals surface area contributed by atoms with Crippen molar-refractivity contribution in [2.45, 2.75) is 20.4 Å². The zero-order chi connectivity index (χ0) is 19.6. The van der Waals surface area contributed by atoms with Gasteiger partial charge in [-0.15, -0.1) is 10.2 Å². The number of nitro benzene ring substituents is 1. The molecule has 0 aliphatic rings. The Morgan fingerprint density at radius 1 is 1.31 bits per heavy atom. The largest absolute Gasteiger partial charge is 0.493 e. The summed E-state index contributed by atoms with van der Waals surface area (Å²) < 4.78 is 1.62. The van der Waals surface area contributed by atoms with E-state index in [1.54, 1.807) is 6.92 Å². The van der Waals surface area contributed by atoms with E-state index in [0.29, 0.717) is 8.95 Å². The van der Waals surface area contributed by atoms with Crippen LogP contribution in [0.5, 0.6) is 5.88 Å². The molecule has 1 N–H and O–H groups in total. The van der Waals surface area contributed by atoms with Crippen LogP contribution in [0.2, 0.25) is 0 Å².